The SMILES string of the molecule is COc1cccc(CN2CC[C@H]3[C@H](C)C4(CC[C@]3(c3ccccc3)C2=O)OCCO4)c1. The number of likely N-dealkylation sites (tertiary alicyclic amines) is 1. The van der Waals surface area contributed by atoms with Gasteiger partial charge in [-0.05, 0) is 42.0 Å². The second kappa shape index (κ2) is 7.95. The van der Waals surface area contributed by atoms with E-state index in [1.165, 1.54) is 0 Å². The van der Waals surface area contributed by atoms with Crippen LogP contribution in [0.4, 0.5) is 0 Å². The van der Waals surface area contributed by atoms with E-state index in [1.807, 2.05) is 41.3 Å². The van der Waals surface area contributed by atoms with Crippen LogP contribution in [-0.2, 0) is 26.2 Å². The van der Waals surface area contributed by atoms with Crippen molar-refractivity contribution in [2.24, 2.45) is 11.8 Å². The molecular weight excluding hydrogens is 390 g/mol. The summed E-state index contributed by atoms with van der Waals surface area (Å²) in [5.74, 6) is 0.875. The lowest BCUT2D eigenvalue weighted by Crippen LogP contribution is -2.64. The minimum atomic E-state index is -0.530. The first-order valence-electron chi connectivity index (χ1n) is 11.3. The maximum atomic E-state index is 14.2. The Bertz CT molecular complexity index is 939. The first kappa shape index (κ1) is 20.5. The monoisotopic (exact) mass is 421 g/mol. The summed E-state index contributed by atoms with van der Waals surface area (Å²) in [7, 11) is 1.67. The molecular formula is C26H31NO4. The Kier molecular flexibility index (Phi) is 5.27. The first-order valence-corrected chi connectivity index (χ1v) is 11.3. The van der Waals surface area contributed by atoms with Crippen molar-refractivity contribution in [1.82, 2.24) is 4.90 Å². The molecule has 164 valence electrons. The number of methoxy groups -OCH3 is 1. The number of carbonyl (C=O) groups excluding carboxylic acids is 1. The minimum Gasteiger partial charge on any atom is -0.497 e. The molecule has 5 rings (SSSR count). The van der Waals surface area contributed by atoms with Gasteiger partial charge in [-0.2, -0.15) is 0 Å². The fourth-order valence-corrected chi connectivity index (χ4v) is 6.20. The molecule has 1 saturated carbocycles. The zero-order chi connectivity index (χ0) is 21.5. The molecule has 1 spiro atoms. The van der Waals surface area contributed by atoms with E-state index < -0.39 is 11.2 Å². The van der Waals surface area contributed by atoms with Crippen molar-refractivity contribution >= 4 is 5.91 Å². The van der Waals surface area contributed by atoms with Gasteiger partial charge in [0, 0.05) is 25.4 Å². The molecule has 0 bridgehead atoms. The summed E-state index contributed by atoms with van der Waals surface area (Å²) in [4.78, 5) is 16.2. The van der Waals surface area contributed by atoms with E-state index in [-0.39, 0.29) is 17.7 Å². The Morgan fingerprint density at radius 2 is 1.84 bits per heavy atom. The van der Waals surface area contributed by atoms with E-state index in [0.717, 1.165) is 42.7 Å². The lowest BCUT2D eigenvalue weighted by molar-refractivity contribution is -0.238. The molecule has 3 atom stereocenters. The van der Waals surface area contributed by atoms with Crippen molar-refractivity contribution in [3.8, 4) is 5.75 Å². The van der Waals surface area contributed by atoms with Crippen LogP contribution in [0.1, 0.15) is 37.3 Å². The average molecular weight is 422 g/mol. The van der Waals surface area contributed by atoms with E-state index in [1.54, 1.807) is 7.11 Å². The van der Waals surface area contributed by atoms with Crippen molar-refractivity contribution in [2.45, 2.75) is 43.9 Å². The molecule has 1 amide bonds. The number of amides is 1. The van der Waals surface area contributed by atoms with Crippen molar-refractivity contribution in [3.63, 3.8) is 0 Å². The van der Waals surface area contributed by atoms with Crippen LogP contribution in [0.25, 0.3) is 0 Å². The Morgan fingerprint density at radius 1 is 1.06 bits per heavy atom. The summed E-state index contributed by atoms with van der Waals surface area (Å²) in [6, 6.07) is 18.4. The molecule has 2 aromatic carbocycles. The second-order valence-corrected chi connectivity index (χ2v) is 9.11. The summed E-state index contributed by atoms with van der Waals surface area (Å²) in [5.41, 5.74) is 1.69. The predicted octanol–water partition coefficient (Wildman–Crippen LogP) is 4.15. The summed E-state index contributed by atoms with van der Waals surface area (Å²) >= 11 is 0. The van der Waals surface area contributed by atoms with Gasteiger partial charge in [0.15, 0.2) is 5.79 Å². The largest absolute Gasteiger partial charge is 0.497 e. The topological polar surface area (TPSA) is 48.0 Å². The van der Waals surface area contributed by atoms with Gasteiger partial charge in [-0.3, -0.25) is 4.79 Å². The molecule has 2 aromatic rings. The van der Waals surface area contributed by atoms with Gasteiger partial charge in [-0.1, -0.05) is 49.4 Å². The van der Waals surface area contributed by atoms with E-state index in [0.29, 0.717) is 19.8 Å². The van der Waals surface area contributed by atoms with Crippen LogP contribution in [-0.4, -0.2) is 43.5 Å². The lowest BCUT2D eigenvalue weighted by Gasteiger charge is -2.56. The van der Waals surface area contributed by atoms with E-state index >= 15 is 0 Å². The standard InChI is InChI=1S/C26H31NO4/c1-19-23-11-14-27(18-20-7-6-10-22(17-20)29-2)24(28)25(23,21-8-4-3-5-9-21)12-13-26(19)30-15-16-31-26/h3-10,17,19,23H,11-16,18H2,1-2H3/t19-,23-,25+/m0/s1. The quantitative estimate of drug-likeness (QED) is 0.744. The van der Waals surface area contributed by atoms with Crippen LogP contribution in [0.2, 0.25) is 0 Å². The van der Waals surface area contributed by atoms with Crippen LogP contribution in [0.3, 0.4) is 0 Å². The Morgan fingerprint density at radius 3 is 2.58 bits per heavy atom. The molecule has 2 saturated heterocycles. The smallest absolute Gasteiger partial charge is 0.233 e. The van der Waals surface area contributed by atoms with E-state index in [9.17, 15) is 4.79 Å². The number of hydrogen-bond acceptors (Lipinski definition) is 4. The van der Waals surface area contributed by atoms with Gasteiger partial charge in [0.25, 0.3) is 0 Å². The normalized spacial score (nSPS) is 29.7. The summed E-state index contributed by atoms with van der Waals surface area (Å²) < 4.78 is 17.7. The molecule has 0 unspecified atom stereocenters. The molecule has 2 heterocycles. The highest BCUT2D eigenvalue weighted by Gasteiger charge is 2.62. The zero-order valence-corrected chi connectivity index (χ0v) is 18.4. The van der Waals surface area contributed by atoms with Crippen LogP contribution in [0.15, 0.2) is 54.6 Å². The number of fused-ring (bicyclic) bond motifs is 1. The Balaban J connectivity index is 1.50. The minimum absolute atomic E-state index is 0.159. The van der Waals surface area contributed by atoms with Crippen LogP contribution >= 0.6 is 0 Å². The average Bonchev–Trinajstić information content (AvgIpc) is 3.29. The highest BCUT2D eigenvalue weighted by atomic mass is 16.7. The van der Waals surface area contributed by atoms with Gasteiger partial charge in [0.05, 0.1) is 25.7 Å². The highest BCUT2D eigenvalue weighted by Crippen LogP contribution is 2.56. The Hall–Kier alpha value is -2.37. The van der Waals surface area contributed by atoms with Crippen molar-refractivity contribution in [1.29, 1.82) is 0 Å². The van der Waals surface area contributed by atoms with E-state index in [4.69, 9.17) is 14.2 Å². The number of nitrogens with zero attached hydrogens (tertiary/aromatic N) is 1. The number of carbonyl (C=O) groups is 1. The number of rotatable bonds is 4. The number of piperidine rings is 1. The Labute approximate surface area is 184 Å². The van der Waals surface area contributed by atoms with Gasteiger partial charge >= 0.3 is 0 Å². The summed E-state index contributed by atoms with van der Waals surface area (Å²) in [6.45, 7) is 4.86. The number of ether oxygens (including phenoxy) is 3. The number of benzene rings is 2. The molecule has 3 aliphatic rings. The van der Waals surface area contributed by atoms with Gasteiger partial charge in [-0.15, -0.1) is 0 Å². The fourth-order valence-electron chi connectivity index (χ4n) is 6.20. The fraction of sp³-hybridized carbons (Fsp3) is 0.500. The predicted molar refractivity (Wildman–Crippen MR) is 118 cm³/mol. The molecule has 0 N–H and O–H groups in total. The van der Waals surface area contributed by atoms with Gasteiger partial charge < -0.3 is 19.1 Å². The van der Waals surface area contributed by atoms with E-state index in [2.05, 4.69) is 25.1 Å². The van der Waals surface area contributed by atoms with Crippen LogP contribution in [0.5, 0.6) is 5.75 Å². The third kappa shape index (κ3) is 3.26. The van der Waals surface area contributed by atoms with Crippen molar-refractivity contribution < 1.29 is 19.0 Å². The van der Waals surface area contributed by atoms with Gasteiger partial charge in [0.2, 0.25) is 5.91 Å². The van der Waals surface area contributed by atoms with Crippen LogP contribution < -0.4 is 4.74 Å². The zero-order valence-electron chi connectivity index (χ0n) is 18.4. The molecule has 0 aromatic heterocycles. The van der Waals surface area contributed by atoms with Crippen LogP contribution in [0, 0.1) is 11.8 Å². The molecule has 31 heavy (non-hydrogen) atoms. The molecule has 1 aliphatic carbocycles. The number of hydrogen-bond donors (Lipinski definition) is 0. The highest BCUT2D eigenvalue weighted by molar-refractivity contribution is 5.90. The van der Waals surface area contributed by atoms with Crippen molar-refractivity contribution in [3.05, 3.63) is 65.7 Å². The molecule has 2 aliphatic heterocycles. The molecule has 5 heteroatoms. The van der Waals surface area contributed by atoms with Gasteiger partial charge in [-0.25, -0.2) is 0 Å². The summed E-state index contributed by atoms with van der Waals surface area (Å²) in [5, 5.41) is 0. The third-order valence-corrected chi connectivity index (χ3v) is 7.75. The molecule has 3 fully saturated rings. The van der Waals surface area contributed by atoms with Gasteiger partial charge in [0.1, 0.15) is 5.75 Å². The lowest BCUT2D eigenvalue weighted by atomic mass is 9.54. The maximum absolute atomic E-state index is 14.2. The molecule has 5 nitrogen and oxygen atoms in total. The molecule has 0 radical (unpaired) electrons. The maximum Gasteiger partial charge on any atom is 0.233 e. The second-order valence-electron chi connectivity index (χ2n) is 9.11. The van der Waals surface area contributed by atoms with Crippen molar-refractivity contribution in [2.75, 3.05) is 26.9 Å². The summed E-state index contributed by atoms with van der Waals surface area (Å²) in [6.07, 6.45) is 2.44. The third-order valence-electron chi connectivity index (χ3n) is 7.75. The first-order chi connectivity index (χ1) is 15.1.